The number of carbonyl (C=O) groups is 1. The fourth-order valence-corrected chi connectivity index (χ4v) is 3.74. The van der Waals surface area contributed by atoms with Crippen LogP contribution in [0.15, 0.2) is 46.3 Å². The van der Waals surface area contributed by atoms with Crippen LogP contribution < -0.4 is 5.32 Å². The monoisotopic (exact) mass is 506 g/mol. The average molecular weight is 507 g/mol. The molecule has 0 aliphatic carbocycles. The molecule has 0 radical (unpaired) electrons. The van der Waals surface area contributed by atoms with E-state index in [4.69, 9.17) is 23.2 Å². The summed E-state index contributed by atoms with van der Waals surface area (Å²) in [4.78, 5) is 25.0. The molecule has 0 unspecified atom stereocenters. The number of nitrogens with one attached hydrogen (secondary N) is 1. The van der Waals surface area contributed by atoms with E-state index >= 15 is 0 Å². The summed E-state index contributed by atoms with van der Waals surface area (Å²) < 4.78 is 90.4. The Morgan fingerprint density at radius 1 is 0.968 bits per heavy atom. The SMILES string of the molecule is O=C=Nc1cccc(C(=O)Nc2c(Cl)cc(SC(F)(C(F)(F)F)C(F)(F)F)cc2Cl)c1. The lowest BCUT2D eigenvalue weighted by atomic mass is 10.2. The Hall–Kier alpha value is -2.27. The summed E-state index contributed by atoms with van der Waals surface area (Å²) in [5, 5.41) is -4.48. The van der Waals surface area contributed by atoms with Crippen molar-refractivity contribution < 1.29 is 40.3 Å². The maximum absolute atomic E-state index is 13.9. The molecule has 2 rings (SSSR count). The molecule has 0 heterocycles. The largest absolute Gasteiger partial charge is 0.441 e. The van der Waals surface area contributed by atoms with Gasteiger partial charge in [-0.3, -0.25) is 4.79 Å². The van der Waals surface area contributed by atoms with Gasteiger partial charge in [-0.15, -0.1) is 0 Å². The van der Waals surface area contributed by atoms with Crippen molar-refractivity contribution in [2.45, 2.75) is 22.2 Å². The van der Waals surface area contributed by atoms with Crippen molar-refractivity contribution in [2.24, 2.45) is 4.99 Å². The predicted octanol–water partition coefficient (Wildman–Crippen LogP) is 7.10. The number of aliphatic imine (C=N–C) groups is 1. The highest BCUT2D eigenvalue weighted by Gasteiger charge is 2.73. The number of thioether (sulfide) groups is 1. The minimum atomic E-state index is -6.28. The predicted molar refractivity (Wildman–Crippen MR) is 100 cm³/mol. The van der Waals surface area contributed by atoms with E-state index in [9.17, 15) is 40.3 Å². The van der Waals surface area contributed by atoms with Gasteiger partial charge in [0.2, 0.25) is 6.08 Å². The third kappa shape index (κ3) is 5.51. The Morgan fingerprint density at radius 3 is 2.00 bits per heavy atom. The molecule has 1 N–H and O–H groups in total. The standard InChI is InChI=1S/C17H7Cl2F7N2O2S/c18-11-5-10(31-15(20,16(21,22)23)17(24,25)26)6-12(19)13(11)28-14(30)8-2-1-3-9(4-8)27-7-29/h1-6H,(H,28,30). The van der Waals surface area contributed by atoms with Crippen molar-refractivity contribution in [3.8, 4) is 0 Å². The molecule has 2 aromatic rings. The number of isocyanates is 1. The zero-order chi connectivity index (χ0) is 23.6. The summed E-state index contributed by atoms with van der Waals surface area (Å²) >= 11 is 10.5. The molecule has 0 aliphatic rings. The summed E-state index contributed by atoms with van der Waals surface area (Å²) in [5.74, 6) is -0.836. The van der Waals surface area contributed by atoms with Gasteiger partial charge in [0.1, 0.15) is 0 Å². The summed E-state index contributed by atoms with van der Waals surface area (Å²) in [6.45, 7) is 0. The normalized spacial score (nSPS) is 12.3. The molecule has 0 fully saturated rings. The Balaban J connectivity index is 2.35. The Kier molecular flexibility index (Phi) is 7.32. The van der Waals surface area contributed by atoms with Gasteiger partial charge in [0.25, 0.3) is 5.91 Å². The first-order chi connectivity index (χ1) is 14.2. The number of halogens is 9. The number of hydrogen-bond donors (Lipinski definition) is 1. The molecule has 0 saturated carbocycles. The molecule has 0 saturated heterocycles. The maximum Gasteiger partial charge on any atom is 0.441 e. The molecule has 0 bridgehead atoms. The van der Waals surface area contributed by atoms with Crippen LogP contribution in [0, 0.1) is 0 Å². The van der Waals surface area contributed by atoms with Crippen LogP contribution in [0.1, 0.15) is 10.4 Å². The van der Waals surface area contributed by atoms with E-state index in [-0.39, 0.29) is 16.9 Å². The van der Waals surface area contributed by atoms with Gasteiger partial charge >= 0.3 is 17.4 Å². The molecule has 4 nitrogen and oxygen atoms in total. The van der Waals surface area contributed by atoms with Crippen molar-refractivity contribution >= 4 is 58.3 Å². The molecule has 0 aromatic heterocycles. The van der Waals surface area contributed by atoms with E-state index in [0.717, 1.165) is 0 Å². The van der Waals surface area contributed by atoms with Crippen molar-refractivity contribution in [1.29, 1.82) is 0 Å². The molecule has 14 heteroatoms. The number of anilines is 1. The van der Waals surface area contributed by atoms with E-state index in [2.05, 4.69) is 10.3 Å². The molecule has 166 valence electrons. The lowest BCUT2D eigenvalue weighted by molar-refractivity contribution is -0.302. The van der Waals surface area contributed by atoms with Crippen molar-refractivity contribution in [3.05, 3.63) is 52.0 Å². The highest BCUT2D eigenvalue weighted by Crippen LogP contribution is 2.56. The van der Waals surface area contributed by atoms with E-state index < -0.39 is 50.0 Å². The molecule has 0 atom stereocenters. The lowest BCUT2D eigenvalue weighted by Crippen LogP contribution is -2.50. The topological polar surface area (TPSA) is 58.5 Å². The summed E-state index contributed by atoms with van der Waals surface area (Å²) in [7, 11) is 0. The fraction of sp³-hybridized carbons (Fsp3) is 0.176. The number of carbonyl (C=O) groups excluding carboxylic acids is 2. The number of amides is 1. The second-order valence-corrected chi connectivity index (χ2v) is 7.71. The van der Waals surface area contributed by atoms with E-state index in [1.165, 1.54) is 30.3 Å². The lowest BCUT2D eigenvalue weighted by Gasteiger charge is -2.29. The molecule has 0 aliphatic heterocycles. The molecule has 0 spiro atoms. The highest BCUT2D eigenvalue weighted by atomic mass is 35.5. The van der Waals surface area contributed by atoms with Crippen molar-refractivity contribution in [2.75, 3.05) is 5.32 Å². The molecule has 1 amide bonds. The molecular weight excluding hydrogens is 500 g/mol. The van der Waals surface area contributed by atoms with Gasteiger partial charge in [-0.1, -0.05) is 41.0 Å². The first kappa shape index (κ1) is 25.0. The maximum atomic E-state index is 13.9. The summed E-state index contributed by atoms with van der Waals surface area (Å²) in [5.41, 5.74) is -0.283. The van der Waals surface area contributed by atoms with E-state index in [1.54, 1.807) is 0 Å². The van der Waals surface area contributed by atoms with Gasteiger partial charge < -0.3 is 5.32 Å². The number of rotatable bonds is 5. The second-order valence-electron chi connectivity index (χ2n) is 5.66. The Morgan fingerprint density at radius 2 is 1.52 bits per heavy atom. The van der Waals surface area contributed by atoms with Gasteiger partial charge in [-0.25, -0.2) is 9.18 Å². The fourth-order valence-electron chi connectivity index (χ4n) is 2.12. The third-order valence-corrected chi connectivity index (χ3v) is 5.34. The smallest absolute Gasteiger partial charge is 0.319 e. The van der Waals surface area contributed by atoms with E-state index in [0.29, 0.717) is 12.1 Å². The summed E-state index contributed by atoms with van der Waals surface area (Å²) in [6.07, 6.45) is -11.3. The zero-order valence-corrected chi connectivity index (χ0v) is 16.9. The van der Waals surface area contributed by atoms with Crippen LogP contribution in [-0.4, -0.2) is 29.3 Å². The van der Waals surface area contributed by atoms with Gasteiger partial charge in [0.15, 0.2) is 0 Å². The minimum Gasteiger partial charge on any atom is -0.319 e. The van der Waals surface area contributed by atoms with Crippen LogP contribution in [-0.2, 0) is 4.79 Å². The Bertz CT molecular complexity index is 1020. The number of benzene rings is 2. The summed E-state index contributed by atoms with van der Waals surface area (Å²) in [6, 6.07) is 6.45. The van der Waals surface area contributed by atoms with Gasteiger partial charge in [0.05, 0.1) is 21.4 Å². The van der Waals surface area contributed by atoms with Crippen molar-refractivity contribution in [3.63, 3.8) is 0 Å². The van der Waals surface area contributed by atoms with Gasteiger partial charge in [-0.2, -0.15) is 31.3 Å². The highest BCUT2D eigenvalue weighted by molar-refractivity contribution is 8.00. The first-order valence-electron chi connectivity index (χ1n) is 7.69. The van der Waals surface area contributed by atoms with Crippen LogP contribution in [0.25, 0.3) is 0 Å². The van der Waals surface area contributed by atoms with Crippen LogP contribution >= 0.6 is 35.0 Å². The van der Waals surface area contributed by atoms with Crippen molar-refractivity contribution in [1.82, 2.24) is 0 Å². The first-order valence-corrected chi connectivity index (χ1v) is 9.26. The molecular formula is C17H7Cl2F7N2O2S. The minimum absolute atomic E-state index is 0.0287. The van der Waals surface area contributed by atoms with Crippen LogP contribution in [0.4, 0.5) is 42.1 Å². The number of alkyl halides is 7. The molecule has 2 aromatic carbocycles. The van der Waals surface area contributed by atoms with Crippen LogP contribution in [0.3, 0.4) is 0 Å². The van der Waals surface area contributed by atoms with Crippen LogP contribution in [0.2, 0.25) is 10.0 Å². The third-order valence-electron chi connectivity index (χ3n) is 3.52. The second kappa shape index (κ2) is 9.07. The van der Waals surface area contributed by atoms with E-state index in [1.807, 2.05) is 0 Å². The average Bonchev–Trinajstić information content (AvgIpc) is 2.63. The van der Waals surface area contributed by atoms with Gasteiger partial charge in [0, 0.05) is 10.5 Å². The number of nitrogens with zero attached hydrogens (tertiary/aromatic N) is 1. The Labute approximate surface area is 183 Å². The zero-order valence-electron chi connectivity index (χ0n) is 14.5. The molecule has 31 heavy (non-hydrogen) atoms. The van der Waals surface area contributed by atoms with Gasteiger partial charge in [-0.05, 0) is 30.3 Å². The quantitative estimate of drug-likeness (QED) is 0.203. The number of hydrogen-bond acceptors (Lipinski definition) is 4. The van der Waals surface area contributed by atoms with Crippen LogP contribution in [0.5, 0.6) is 0 Å².